The third-order valence-corrected chi connectivity index (χ3v) is 6.88. The van der Waals surface area contributed by atoms with Gasteiger partial charge in [-0.25, -0.2) is 19.2 Å². The van der Waals surface area contributed by atoms with Gasteiger partial charge in [-0.2, -0.15) is 0 Å². The van der Waals surface area contributed by atoms with Crippen molar-refractivity contribution in [3.8, 4) is 57.1 Å². The minimum absolute atomic E-state index is 0.0449. The maximum atomic E-state index is 12.7. The van der Waals surface area contributed by atoms with Gasteiger partial charge in [0, 0.05) is 27.9 Å². The highest BCUT2D eigenvalue weighted by Crippen LogP contribution is 2.37. The van der Waals surface area contributed by atoms with E-state index in [1.807, 2.05) is 36.4 Å². The zero-order valence-electron chi connectivity index (χ0n) is 28.2. The number of benzene rings is 4. The molecule has 0 aromatic heterocycles. The van der Waals surface area contributed by atoms with Crippen LogP contribution in [0, 0.1) is 11.8 Å². The molecule has 250 valence electrons. The van der Waals surface area contributed by atoms with Crippen LogP contribution >= 0.6 is 0 Å². The van der Waals surface area contributed by atoms with Gasteiger partial charge in [-0.15, -0.1) is 0 Å². The van der Waals surface area contributed by atoms with Crippen LogP contribution in [0.4, 0.5) is 0 Å². The third kappa shape index (κ3) is 9.43. The van der Waals surface area contributed by atoms with Crippen LogP contribution in [0.1, 0.15) is 38.8 Å². The Morgan fingerprint density at radius 1 is 0.440 bits per heavy atom. The summed E-state index contributed by atoms with van der Waals surface area (Å²) in [5.41, 5.74) is 4.60. The number of carbonyl (C=O) groups is 4. The van der Waals surface area contributed by atoms with Gasteiger partial charge in [-0.05, 0) is 98.5 Å². The van der Waals surface area contributed by atoms with E-state index in [-0.39, 0.29) is 33.8 Å². The molecule has 0 amide bonds. The number of carbonyl (C=O) groups excluding carboxylic acids is 4. The van der Waals surface area contributed by atoms with Crippen molar-refractivity contribution >= 4 is 23.9 Å². The van der Waals surface area contributed by atoms with Crippen molar-refractivity contribution in [2.45, 2.75) is 27.7 Å². The summed E-state index contributed by atoms with van der Waals surface area (Å²) >= 11 is 0. The molecular weight excluding hydrogens is 632 g/mol. The van der Waals surface area contributed by atoms with E-state index < -0.39 is 23.9 Å². The Morgan fingerprint density at radius 3 is 1.14 bits per heavy atom. The highest BCUT2D eigenvalue weighted by Gasteiger charge is 2.19. The highest BCUT2D eigenvalue weighted by molar-refractivity contribution is 5.92. The van der Waals surface area contributed by atoms with Crippen molar-refractivity contribution in [1.29, 1.82) is 0 Å². The molecule has 0 aliphatic rings. The van der Waals surface area contributed by atoms with E-state index in [1.54, 1.807) is 62.4 Å². The topological polar surface area (TPSA) is 105 Å². The molecule has 8 heteroatoms. The first-order valence-corrected chi connectivity index (χ1v) is 15.2. The average Bonchev–Trinajstić information content (AvgIpc) is 3.08. The second kappa shape index (κ2) is 15.9. The lowest BCUT2D eigenvalue weighted by Gasteiger charge is -2.15. The number of ether oxygens (including phenoxy) is 4. The fourth-order valence-electron chi connectivity index (χ4n) is 4.11. The van der Waals surface area contributed by atoms with E-state index in [0.29, 0.717) is 28.2 Å². The zero-order valence-corrected chi connectivity index (χ0v) is 28.2. The Bertz CT molecular complexity index is 2050. The summed E-state index contributed by atoms with van der Waals surface area (Å²) in [5, 5.41) is 0. The van der Waals surface area contributed by atoms with Crippen LogP contribution in [0.15, 0.2) is 134 Å². The summed E-state index contributed by atoms with van der Waals surface area (Å²) in [7, 11) is 0. The van der Waals surface area contributed by atoms with Gasteiger partial charge in [0.1, 0.15) is 17.1 Å². The lowest BCUT2D eigenvalue weighted by molar-refractivity contribution is -0.131. The molecule has 4 aromatic carbocycles. The van der Waals surface area contributed by atoms with Crippen molar-refractivity contribution in [3.05, 3.63) is 145 Å². The summed E-state index contributed by atoms with van der Waals surface area (Å²) in [6.07, 6.45) is 0. The van der Waals surface area contributed by atoms with Crippen LogP contribution in [-0.2, 0) is 19.2 Å². The molecule has 0 saturated carbocycles. The second-order valence-electron chi connectivity index (χ2n) is 11.4. The first-order valence-electron chi connectivity index (χ1n) is 15.2. The van der Waals surface area contributed by atoms with Gasteiger partial charge in [0.05, 0.1) is 0 Å². The van der Waals surface area contributed by atoms with Crippen LogP contribution in [0.5, 0.6) is 23.0 Å². The Balaban J connectivity index is 1.74. The Hall–Kier alpha value is -6.72. The minimum Gasteiger partial charge on any atom is -0.423 e. The minimum atomic E-state index is -0.696. The monoisotopic (exact) mass is 666 g/mol. The number of esters is 4. The fourth-order valence-corrected chi connectivity index (χ4v) is 4.11. The lowest BCUT2D eigenvalue weighted by atomic mass is 9.98. The molecule has 0 aliphatic heterocycles. The van der Waals surface area contributed by atoms with Crippen molar-refractivity contribution < 1.29 is 38.1 Å². The molecule has 4 aromatic rings. The second-order valence-corrected chi connectivity index (χ2v) is 11.4. The quantitative estimate of drug-likeness (QED) is 0.0720. The molecule has 50 heavy (non-hydrogen) atoms. The smallest absolute Gasteiger partial charge is 0.338 e. The van der Waals surface area contributed by atoms with Crippen molar-refractivity contribution in [1.82, 2.24) is 0 Å². The molecule has 4 rings (SSSR count). The number of rotatable bonds is 10. The fraction of sp³-hybridized carbons (Fsp3) is 0.0952. The van der Waals surface area contributed by atoms with Gasteiger partial charge in [0.15, 0.2) is 11.5 Å². The van der Waals surface area contributed by atoms with Gasteiger partial charge >= 0.3 is 23.9 Å². The maximum absolute atomic E-state index is 12.7. The molecule has 0 unspecified atom stereocenters. The SMILES string of the molecule is C=C(C)C(=O)Oc1ccc(C#Cc2c(OC(=O)C(=C)C)cc(-c3ccc(-c4ccc(OC(=O)C(=C)C)cc4)cc3)cc2OC(=O)C(=C)C)cc1. The average molecular weight is 667 g/mol. The zero-order chi connectivity index (χ0) is 36.5. The van der Waals surface area contributed by atoms with E-state index in [4.69, 9.17) is 18.9 Å². The van der Waals surface area contributed by atoms with Crippen LogP contribution < -0.4 is 18.9 Å². The number of hydrogen-bond acceptors (Lipinski definition) is 8. The van der Waals surface area contributed by atoms with Gasteiger partial charge in [0.25, 0.3) is 0 Å². The summed E-state index contributed by atoms with van der Waals surface area (Å²) in [6.45, 7) is 20.7. The first-order chi connectivity index (χ1) is 23.7. The summed E-state index contributed by atoms with van der Waals surface area (Å²) in [4.78, 5) is 49.2. The third-order valence-electron chi connectivity index (χ3n) is 6.88. The van der Waals surface area contributed by atoms with Gasteiger partial charge in [-0.3, -0.25) is 0 Å². The predicted octanol–water partition coefficient (Wildman–Crippen LogP) is 8.35. The summed E-state index contributed by atoms with van der Waals surface area (Å²) in [6, 6.07) is 24.3. The van der Waals surface area contributed by atoms with Crippen molar-refractivity contribution in [2.75, 3.05) is 0 Å². The maximum Gasteiger partial charge on any atom is 0.338 e. The Labute approximate surface area is 291 Å². The Kier molecular flexibility index (Phi) is 11.5. The molecular formula is C42H34O8. The molecule has 0 radical (unpaired) electrons. The summed E-state index contributed by atoms with van der Waals surface area (Å²) in [5.74, 6) is 4.32. The normalized spacial score (nSPS) is 10.1. The molecule has 8 nitrogen and oxygen atoms in total. The van der Waals surface area contributed by atoms with Crippen LogP contribution in [0.3, 0.4) is 0 Å². The van der Waals surface area contributed by atoms with E-state index in [0.717, 1.165) is 16.7 Å². The van der Waals surface area contributed by atoms with E-state index in [2.05, 4.69) is 38.2 Å². The molecule has 0 aliphatic carbocycles. The largest absolute Gasteiger partial charge is 0.423 e. The molecule has 0 heterocycles. The first kappa shape index (κ1) is 36.1. The molecule has 0 saturated heterocycles. The van der Waals surface area contributed by atoms with Crippen LogP contribution in [0.25, 0.3) is 22.3 Å². The van der Waals surface area contributed by atoms with E-state index >= 15 is 0 Å². The Morgan fingerprint density at radius 2 is 0.760 bits per heavy atom. The lowest BCUT2D eigenvalue weighted by Crippen LogP contribution is -2.12. The number of hydrogen-bond donors (Lipinski definition) is 0. The molecule has 0 N–H and O–H groups in total. The van der Waals surface area contributed by atoms with Gasteiger partial charge < -0.3 is 18.9 Å². The highest BCUT2D eigenvalue weighted by atomic mass is 16.6. The van der Waals surface area contributed by atoms with Gasteiger partial charge in [0.2, 0.25) is 0 Å². The standard InChI is InChI=1S/C42H34O8/c1-25(2)39(43)47-34-18-9-29(10-19-34)11-22-36-37(49-41(45)27(5)6)23-33(24-38(36)50-42(46)28(7)8)32-14-12-30(13-15-32)31-16-20-35(21-17-31)48-40(44)26(3)4/h9-10,12-21,23-24H,1,3,5,7H2,2,4,6,8H3. The van der Waals surface area contributed by atoms with Crippen molar-refractivity contribution in [3.63, 3.8) is 0 Å². The predicted molar refractivity (Wildman–Crippen MR) is 192 cm³/mol. The molecule has 0 spiro atoms. The molecule has 0 fully saturated rings. The van der Waals surface area contributed by atoms with Crippen molar-refractivity contribution in [2.24, 2.45) is 0 Å². The van der Waals surface area contributed by atoms with Gasteiger partial charge in [-0.1, -0.05) is 74.6 Å². The summed E-state index contributed by atoms with van der Waals surface area (Å²) < 4.78 is 21.9. The molecule has 0 bridgehead atoms. The van der Waals surface area contributed by atoms with Crippen LogP contribution in [0.2, 0.25) is 0 Å². The van der Waals surface area contributed by atoms with E-state index in [9.17, 15) is 19.2 Å². The van der Waals surface area contributed by atoms with E-state index in [1.165, 1.54) is 13.8 Å². The molecule has 0 atom stereocenters. The van der Waals surface area contributed by atoms with Crippen LogP contribution in [-0.4, -0.2) is 23.9 Å².